The van der Waals surface area contributed by atoms with E-state index in [4.69, 9.17) is 9.26 Å². The van der Waals surface area contributed by atoms with E-state index < -0.39 is 0 Å². The number of carbonyl (C=O) groups excluding carboxylic acids is 1. The van der Waals surface area contributed by atoms with Crippen molar-refractivity contribution in [1.82, 2.24) is 20.4 Å². The monoisotopic (exact) mass is 366 g/mol. The molecule has 140 valence electrons. The topological polar surface area (TPSA) is 90.1 Å². The van der Waals surface area contributed by atoms with Crippen molar-refractivity contribution in [1.29, 1.82) is 0 Å². The second-order valence-electron chi connectivity index (χ2n) is 6.82. The molecule has 1 aromatic carbocycles. The SMILES string of the molecule is COc1cc(-c2nc(CC(=O)NC3CCCCC3)no2)c2ccccc2n1. The quantitative estimate of drug-likeness (QED) is 0.745. The van der Waals surface area contributed by atoms with Crippen LogP contribution in [0.1, 0.15) is 37.9 Å². The zero-order valence-electron chi connectivity index (χ0n) is 15.3. The Balaban J connectivity index is 1.54. The van der Waals surface area contributed by atoms with Crippen molar-refractivity contribution in [3.8, 4) is 17.3 Å². The minimum Gasteiger partial charge on any atom is -0.481 e. The molecule has 2 aromatic heterocycles. The van der Waals surface area contributed by atoms with Crippen molar-refractivity contribution >= 4 is 16.8 Å². The van der Waals surface area contributed by atoms with E-state index in [9.17, 15) is 4.79 Å². The summed E-state index contributed by atoms with van der Waals surface area (Å²) in [5.74, 6) is 1.13. The number of rotatable bonds is 5. The first-order chi connectivity index (χ1) is 13.2. The zero-order valence-corrected chi connectivity index (χ0v) is 15.3. The number of nitrogens with one attached hydrogen (secondary N) is 1. The van der Waals surface area contributed by atoms with Gasteiger partial charge in [0.1, 0.15) is 0 Å². The van der Waals surface area contributed by atoms with E-state index in [0.29, 0.717) is 17.6 Å². The highest BCUT2D eigenvalue weighted by molar-refractivity contribution is 5.93. The Bertz CT molecular complexity index is 947. The van der Waals surface area contributed by atoms with Crippen LogP contribution in [0.25, 0.3) is 22.4 Å². The van der Waals surface area contributed by atoms with Gasteiger partial charge in [-0.2, -0.15) is 4.98 Å². The van der Waals surface area contributed by atoms with Gasteiger partial charge in [0.25, 0.3) is 5.89 Å². The van der Waals surface area contributed by atoms with E-state index in [1.807, 2.05) is 24.3 Å². The molecule has 7 nitrogen and oxygen atoms in total. The molecule has 0 saturated heterocycles. The first-order valence-corrected chi connectivity index (χ1v) is 9.29. The number of hydrogen-bond acceptors (Lipinski definition) is 6. The second-order valence-corrected chi connectivity index (χ2v) is 6.82. The third-order valence-corrected chi connectivity index (χ3v) is 4.89. The Morgan fingerprint density at radius 3 is 2.85 bits per heavy atom. The minimum atomic E-state index is -0.0635. The van der Waals surface area contributed by atoms with Gasteiger partial charge in [-0.25, -0.2) is 4.98 Å². The Labute approximate surface area is 157 Å². The third kappa shape index (κ3) is 3.92. The van der Waals surface area contributed by atoms with Crippen LogP contribution in [-0.4, -0.2) is 34.2 Å². The fourth-order valence-electron chi connectivity index (χ4n) is 3.54. The summed E-state index contributed by atoms with van der Waals surface area (Å²) in [5.41, 5.74) is 1.52. The molecular weight excluding hydrogens is 344 g/mol. The number of amides is 1. The van der Waals surface area contributed by atoms with E-state index in [2.05, 4.69) is 20.4 Å². The Morgan fingerprint density at radius 2 is 2.04 bits per heavy atom. The summed E-state index contributed by atoms with van der Waals surface area (Å²) < 4.78 is 10.7. The van der Waals surface area contributed by atoms with Gasteiger partial charge in [-0.05, 0) is 18.9 Å². The van der Waals surface area contributed by atoms with Gasteiger partial charge in [0.15, 0.2) is 5.82 Å². The molecule has 4 rings (SSSR count). The molecule has 1 fully saturated rings. The summed E-state index contributed by atoms with van der Waals surface area (Å²) >= 11 is 0. The first-order valence-electron chi connectivity index (χ1n) is 9.29. The van der Waals surface area contributed by atoms with Crippen molar-refractivity contribution < 1.29 is 14.1 Å². The fourth-order valence-corrected chi connectivity index (χ4v) is 3.54. The van der Waals surface area contributed by atoms with Gasteiger partial charge in [-0.15, -0.1) is 0 Å². The Hall–Kier alpha value is -2.96. The first kappa shape index (κ1) is 17.5. The highest BCUT2D eigenvalue weighted by Crippen LogP contribution is 2.29. The number of benzene rings is 1. The number of nitrogens with zero attached hydrogens (tertiary/aromatic N) is 3. The summed E-state index contributed by atoms with van der Waals surface area (Å²) in [5, 5.41) is 7.94. The lowest BCUT2D eigenvalue weighted by Gasteiger charge is -2.22. The molecule has 0 unspecified atom stereocenters. The summed E-state index contributed by atoms with van der Waals surface area (Å²) in [6.07, 6.45) is 5.81. The van der Waals surface area contributed by atoms with E-state index in [-0.39, 0.29) is 18.4 Å². The maximum Gasteiger partial charge on any atom is 0.258 e. The number of methoxy groups -OCH3 is 1. The maximum atomic E-state index is 12.3. The molecule has 1 aliphatic carbocycles. The lowest BCUT2D eigenvalue weighted by atomic mass is 9.95. The van der Waals surface area contributed by atoms with Gasteiger partial charge >= 0.3 is 0 Å². The number of fused-ring (bicyclic) bond motifs is 1. The summed E-state index contributed by atoms with van der Waals surface area (Å²) in [6.45, 7) is 0. The lowest BCUT2D eigenvalue weighted by molar-refractivity contribution is -0.121. The molecular formula is C20H22N4O3. The number of pyridine rings is 1. The highest BCUT2D eigenvalue weighted by Gasteiger charge is 2.19. The fraction of sp³-hybridized carbons (Fsp3) is 0.400. The highest BCUT2D eigenvalue weighted by atomic mass is 16.5. The predicted molar refractivity (Wildman–Crippen MR) is 100 cm³/mol. The van der Waals surface area contributed by atoms with Crippen LogP contribution in [-0.2, 0) is 11.2 Å². The smallest absolute Gasteiger partial charge is 0.258 e. The standard InChI is InChI=1S/C20H22N4O3/c1-26-19-11-15(14-9-5-6-10-16(14)22-19)20-23-17(24-27-20)12-18(25)21-13-7-3-2-4-8-13/h5-6,9-11,13H,2-4,7-8,12H2,1H3,(H,21,25). The van der Waals surface area contributed by atoms with Gasteiger partial charge in [0.05, 0.1) is 24.6 Å². The van der Waals surface area contributed by atoms with E-state index in [0.717, 1.165) is 29.3 Å². The number of carbonyl (C=O) groups is 1. The minimum absolute atomic E-state index is 0.0635. The summed E-state index contributed by atoms with van der Waals surface area (Å²) in [4.78, 5) is 21.1. The lowest BCUT2D eigenvalue weighted by Crippen LogP contribution is -2.37. The van der Waals surface area contributed by atoms with Crippen LogP contribution >= 0.6 is 0 Å². The zero-order chi connectivity index (χ0) is 18.6. The van der Waals surface area contributed by atoms with Gasteiger partial charge in [-0.3, -0.25) is 4.79 Å². The number of aromatic nitrogens is 3. The van der Waals surface area contributed by atoms with E-state index in [1.54, 1.807) is 13.2 Å². The molecule has 0 atom stereocenters. The Kier molecular flexibility index (Phi) is 5.00. The summed E-state index contributed by atoms with van der Waals surface area (Å²) in [7, 11) is 1.57. The van der Waals surface area contributed by atoms with Gasteiger partial charge in [0, 0.05) is 17.5 Å². The Morgan fingerprint density at radius 1 is 1.22 bits per heavy atom. The molecule has 2 heterocycles. The number of para-hydroxylation sites is 1. The number of ether oxygens (including phenoxy) is 1. The molecule has 1 saturated carbocycles. The molecule has 1 amide bonds. The average Bonchev–Trinajstić information content (AvgIpc) is 3.16. The molecule has 7 heteroatoms. The normalized spacial score (nSPS) is 15.0. The van der Waals surface area contributed by atoms with Crippen LogP contribution < -0.4 is 10.1 Å². The van der Waals surface area contributed by atoms with Crippen molar-refractivity contribution in [2.75, 3.05) is 7.11 Å². The van der Waals surface area contributed by atoms with Crippen molar-refractivity contribution in [3.05, 3.63) is 36.2 Å². The van der Waals surface area contributed by atoms with Gasteiger partial charge < -0.3 is 14.6 Å². The maximum absolute atomic E-state index is 12.3. The molecule has 1 aliphatic rings. The number of hydrogen-bond donors (Lipinski definition) is 1. The molecule has 1 N–H and O–H groups in total. The second kappa shape index (κ2) is 7.73. The predicted octanol–water partition coefficient (Wildman–Crippen LogP) is 3.28. The molecule has 0 aliphatic heterocycles. The van der Waals surface area contributed by atoms with Crippen LogP contribution in [0.5, 0.6) is 5.88 Å². The molecule has 27 heavy (non-hydrogen) atoms. The van der Waals surface area contributed by atoms with E-state index >= 15 is 0 Å². The van der Waals surface area contributed by atoms with Gasteiger partial charge in [0.2, 0.25) is 11.8 Å². The van der Waals surface area contributed by atoms with Crippen molar-refractivity contribution in [2.24, 2.45) is 0 Å². The third-order valence-electron chi connectivity index (χ3n) is 4.89. The molecule has 0 spiro atoms. The molecule has 0 radical (unpaired) electrons. The van der Waals surface area contributed by atoms with Gasteiger partial charge in [-0.1, -0.05) is 42.6 Å². The van der Waals surface area contributed by atoms with Crippen LogP contribution in [0, 0.1) is 0 Å². The van der Waals surface area contributed by atoms with E-state index in [1.165, 1.54) is 19.3 Å². The molecule has 3 aromatic rings. The van der Waals surface area contributed by atoms with Crippen LogP contribution in [0.3, 0.4) is 0 Å². The van der Waals surface area contributed by atoms with Crippen LogP contribution in [0.4, 0.5) is 0 Å². The van der Waals surface area contributed by atoms with Crippen molar-refractivity contribution in [3.63, 3.8) is 0 Å². The summed E-state index contributed by atoms with van der Waals surface area (Å²) in [6, 6.07) is 9.71. The molecule has 0 bridgehead atoms. The van der Waals surface area contributed by atoms with Crippen molar-refractivity contribution in [2.45, 2.75) is 44.6 Å². The largest absolute Gasteiger partial charge is 0.481 e. The van der Waals surface area contributed by atoms with Crippen LogP contribution in [0.15, 0.2) is 34.9 Å². The van der Waals surface area contributed by atoms with Crippen LogP contribution in [0.2, 0.25) is 0 Å². The average molecular weight is 366 g/mol.